The van der Waals surface area contributed by atoms with E-state index in [1.165, 1.54) is 12.1 Å². The van der Waals surface area contributed by atoms with E-state index in [1.807, 2.05) is 18.2 Å². The number of ether oxygens (including phenoxy) is 4. The second-order valence-corrected chi connectivity index (χ2v) is 6.41. The molecule has 1 aliphatic rings. The first-order valence-corrected chi connectivity index (χ1v) is 9.11. The number of methoxy groups -OCH3 is 1. The first-order chi connectivity index (χ1) is 13.6. The topological polar surface area (TPSA) is 83.1 Å². The lowest BCUT2D eigenvalue weighted by atomic mass is 10.2. The van der Waals surface area contributed by atoms with Crippen molar-refractivity contribution in [3.63, 3.8) is 0 Å². The van der Waals surface area contributed by atoms with Crippen LogP contribution in [0.4, 0.5) is 0 Å². The van der Waals surface area contributed by atoms with Crippen molar-refractivity contribution in [1.82, 2.24) is 5.32 Å². The molecule has 0 spiro atoms. The standard InChI is InChI=1S/C20H20ClNO6/c1-25-16-6-3-2-5-13(16)11-22-18(23)12-28-20(24)14-9-15(21)19-17(10-14)26-7-4-8-27-19/h2-3,5-6,9-10H,4,7-8,11-12H2,1H3,(H,22,23). The molecule has 2 aromatic rings. The number of amides is 1. The fraction of sp³-hybridized carbons (Fsp3) is 0.300. The van der Waals surface area contributed by atoms with Crippen LogP contribution in [0.5, 0.6) is 17.2 Å². The minimum Gasteiger partial charge on any atom is -0.496 e. The lowest BCUT2D eigenvalue weighted by molar-refractivity contribution is -0.124. The molecule has 0 saturated heterocycles. The predicted octanol–water partition coefficient (Wildman–Crippen LogP) is 2.98. The number of rotatable bonds is 6. The molecule has 0 aromatic heterocycles. The zero-order chi connectivity index (χ0) is 19.9. The van der Waals surface area contributed by atoms with Crippen LogP contribution < -0.4 is 19.5 Å². The van der Waals surface area contributed by atoms with Crippen LogP contribution in [-0.2, 0) is 16.1 Å². The Kier molecular flexibility index (Phi) is 6.60. The van der Waals surface area contributed by atoms with Gasteiger partial charge in [0.25, 0.3) is 5.91 Å². The largest absolute Gasteiger partial charge is 0.496 e. The summed E-state index contributed by atoms with van der Waals surface area (Å²) in [6.07, 6.45) is 0.719. The van der Waals surface area contributed by atoms with Crippen molar-refractivity contribution in [3.05, 3.63) is 52.5 Å². The Morgan fingerprint density at radius 3 is 2.79 bits per heavy atom. The summed E-state index contributed by atoms with van der Waals surface area (Å²) in [4.78, 5) is 24.3. The highest BCUT2D eigenvalue weighted by molar-refractivity contribution is 6.32. The molecule has 0 unspecified atom stereocenters. The van der Waals surface area contributed by atoms with Gasteiger partial charge in [0.15, 0.2) is 18.1 Å². The quantitative estimate of drug-likeness (QED) is 0.744. The van der Waals surface area contributed by atoms with Crippen molar-refractivity contribution in [2.75, 3.05) is 26.9 Å². The van der Waals surface area contributed by atoms with Gasteiger partial charge in [-0.05, 0) is 18.2 Å². The monoisotopic (exact) mass is 405 g/mol. The van der Waals surface area contributed by atoms with Gasteiger partial charge in [-0.1, -0.05) is 29.8 Å². The molecule has 148 valence electrons. The van der Waals surface area contributed by atoms with E-state index < -0.39 is 18.5 Å². The molecule has 0 bridgehead atoms. The van der Waals surface area contributed by atoms with E-state index in [9.17, 15) is 9.59 Å². The summed E-state index contributed by atoms with van der Waals surface area (Å²) in [7, 11) is 1.56. The lowest BCUT2D eigenvalue weighted by Gasteiger charge is -2.12. The van der Waals surface area contributed by atoms with Crippen LogP contribution in [0.2, 0.25) is 5.02 Å². The van der Waals surface area contributed by atoms with Crippen LogP contribution in [0, 0.1) is 0 Å². The lowest BCUT2D eigenvalue weighted by Crippen LogP contribution is -2.28. The maximum Gasteiger partial charge on any atom is 0.338 e. The molecule has 0 aliphatic carbocycles. The number of carbonyl (C=O) groups excluding carboxylic acids is 2. The molecule has 8 heteroatoms. The predicted molar refractivity (Wildman–Crippen MR) is 102 cm³/mol. The number of benzene rings is 2. The van der Waals surface area contributed by atoms with E-state index >= 15 is 0 Å². The second kappa shape index (κ2) is 9.32. The molecule has 3 rings (SSSR count). The Morgan fingerprint density at radius 1 is 1.18 bits per heavy atom. The van der Waals surface area contributed by atoms with E-state index in [0.717, 1.165) is 12.0 Å². The highest BCUT2D eigenvalue weighted by Crippen LogP contribution is 2.38. The van der Waals surface area contributed by atoms with Crippen molar-refractivity contribution in [1.29, 1.82) is 0 Å². The first-order valence-electron chi connectivity index (χ1n) is 8.73. The zero-order valence-corrected chi connectivity index (χ0v) is 16.1. The van der Waals surface area contributed by atoms with Gasteiger partial charge in [0.05, 0.1) is 30.9 Å². The van der Waals surface area contributed by atoms with Crippen LogP contribution in [-0.4, -0.2) is 38.8 Å². The highest BCUT2D eigenvalue weighted by Gasteiger charge is 2.19. The number of para-hydroxylation sites is 1. The van der Waals surface area contributed by atoms with E-state index in [4.69, 9.17) is 30.5 Å². The Morgan fingerprint density at radius 2 is 1.96 bits per heavy atom. The van der Waals surface area contributed by atoms with Gasteiger partial charge in [-0.3, -0.25) is 4.79 Å². The normalized spacial score (nSPS) is 12.6. The summed E-state index contributed by atoms with van der Waals surface area (Å²) in [6.45, 7) is 0.798. The van der Waals surface area contributed by atoms with Crippen molar-refractivity contribution in [3.8, 4) is 17.2 Å². The third kappa shape index (κ3) is 4.86. The van der Waals surface area contributed by atoms with Crippen molar-refractivity contribution >= 4 is 23.5 Å². The van der Waals surface area contributed by atoms with Gasteiger partial charge in [-0.2, -0.15) is 0 Å². The van der Waals surface area contributed by atoms with Crippen molar-refractivity contribution < 1.29 is 28.5 Å². The maximum absolute atomic E-state index is 12.3. The fourth-order valence-electron chi connectivity index (χ4n) is 2.66. The molecule has 1 heterocycles. The van der Waals surface area contributed by atoms with Gasteiger partial charge in [0.2, 0.25) is 0 Å². The van der Waals surface area contributed by atoms with Gasteiger partial charge in [-0.25, -0.2) is 4.79 Å². The average molecular weight is 406 g/mol. The number of carbonyl (C=O) groups is 2. The van der Waals surface area contributed by atoms with E-state index in [2.05, 4.69) is 5.32 Å². The van der Waals surface area contributed by atoms with Gasteiger partial charge in [-0.15, -0.1) is 0 Å². The van der Waals surface area contributed by atoms with Gasteiger partial charge in [0.1, 0.15) is 5.75 Å². The summed E-state index contributed by atoms with van der Waals surface area (Å²) in [5.41, 5.74) is 1.01. The fourth-order valence-corrected chi connectivity index (χ4v) is 2.92. The first kappa shape index (κ1) is 19.8. The molecule has 0 saturated carbocycles. The number of esters is 1. The molecule has 7 nitrogen and oxygen atoms in total. The van der Waals surface area contributed by atoms with Crippen LogP contribution in [0.15, 0.2) is 36.4 Å². The third-order valence-electron chi connectivity index (χ3n) is 4.04. The summed E-state index contributed by atoms with van der Waals surface area (Å²) >= 11 is 6.17. The molecule has 1 amide bonds. The highest BCUT2D eigenvalue weighted by atomic mass is 35.5. The molecular weight excluding hydrogens is 386 g/mol. The number of halogens is 1. The molecule has 0 atom stereocenters. The van der Waals surface area contributed by atoms with Crippen molar-refractivity contribution in [2.24, 2.45) is 0 Å². The number of hydrogen-bond acceptors (Lipinski definition) is 6. The number of nitrogens with one attached hydrogen (secondary N) is 1. The minimum absolute atomic E-state index is 0.187. The second-order valence-electron chi connectivity index (χ2n) is 6.00. The maximum atomic E-state index is 12.3. The van der Waals surface area contributed by atoms with Crippen LogP contribution in [0.25, 0.3) is 0 Å². The average Bonchev–Trinajstić information content (AvgIpc) is 2.96. The van der Waals surface area contributed by atoms with Gasteiger partial charge >= 0.3 is 5.97 Å². The Labute approximate surface area is 167 Å². The molecule has 0 fully saturated rings. The summed E-state index contributed by atoms with van der Waals surface area (Å²) in [5, 5.41) is 2.94. The van der Waals surface area contributed by atoms with Crippen molar-refractivity contribution in [2.45, 2.75) is 13.0 Å². The van der Waals surface area contributed by atoms with Crippen LogP contribution >= 0.6 is 11.6 Å². The Balaban J connectivity index is 1.56. The summed E-state index contributed by atoms with van der Waals surface area (Å²) < 4.78 is 21.4. The molecule has 1 aliphatic heterocycles. The van der Waals surface area contributed by atoms with Crippen LogP contribution in [0.3, 0.4) is 0 Å². The number of fused-ring (bicyclic) bond motifs is 1. The minimum atomic E-state index is -0.676. The number of hydrogen-bond donors (Lipinski definition) is 1. The van der Waals surface area contributed by atoms with E-state index in [1.54, 1.807) is 13.2 Å². The van der Waals surface area contributed by atoms with E-state index in [-0.39, 0.29) is 17.1 Å². The zero-order valence-electron chi connectivity index (χ0n) is 15.3. The van der Waals surface area contributed by atoms with Gasteiger partial charge < -0.3 is 24.3 Å². The van der Waals surface area contributed by atoms with Gasteiger partial charge in [0, 0.05) is 18.5 Å². The Bertz CT molecular complexity index is 870. The Hall–Kier alpha value is -2.93. The summed E-state index contributed by atoms with van der Waals surface area (Å²) in [5.74, 6) is 0.356. The smallest absolute Gasteiger partial charge is 0.338 e. The molecule has 0 radical (unpaired) electrons. The van der Waals surface area contributed by atoms with Crippen LogP contribution in [0.1, 0.15) is 22.3 Å². The molecular formula is C20H20ClNO6. The SMILES string of the molecule is COc1ccccc1CNC(=O)COC(=O)c1cc(Cl)c2c(c1)OCCCO2. The third-order valence-corrected chi connectivity index (χ3v) is 4.32. The summed E-state index contributed by atoms with van der Waals surface area (Å²) in [6, 6.07) is 10.3. The molecule has 28 heavy (non-hydrogen) atoms. The molecule has 1 N–H and O–H groups in total. The molecule has 2 aromatic carbocycles. The van der Waals surface area contributed by atoms with E-state index in [0.29, 0.717) is 30.5 Å².